The van der Waals surface area contributed by atoms with E-state index in [9.17, 15) is 9.59 Å². The number of nitriles is 2. The van der Waals surface area contributed by atoms with E-state index in [0.717, 1.165) is 12.8 Å². The molecule has 0 saturated heterocycles. The van der Waals surface area contributed by atoms with Crippen molar-refractivity contribution in [2.45, 2.75) is 64.2 Å². The summed E-state index contributed by atoms with van der Waals surface area (Å²) in [6, 6.07) is 2.74. The first-order chi connectivity index (χ1) is 13.3. The maximum absolute atomic E-state index is 9.61. The fourth-order valence-electron chi connectivity index (χ4n) is 1.73. The molecule has 0 rings (SSSR count). The van der Waals surface area contributed by atoms with Crippen LogP contribution in [0, 0.1) is 22.7 Å². The van der Waals surface area contributed by atoms with Gasteiger partial charge in [-0.25, -0.2) is 9.59 Å². The van der Waals surface area contributed by atoms with Gasteiger partial charge in [-0.2, -0.15) is 10.5 Å². The molecule has 0 aliphatic carbocycles. The van der Waals surface area contributed by atoms with Crippen molar-refractivity contribution in [2.75, 3.05) is 13.2 Å². The molecule has 0 saturated carbocycles. The molecular formula is C20H32N2O6. The van der Waals surface area contributed by atoms with Gasteiger partial charge in [0.05, 0.1) is 0 Å². The summed E-state index contributed by atoms with van der Waals surface area (Å²) in [5, 5.41) is 48.4. The highest BCUT2D eigenvalue weighted by Crippen LogP contribution is 2.10. The lowest BCUT2D eigenvalue weighted by atomic mass is 10.1. The summed E-state index contributed by atoms with van der Waals surface area (Å²) in [4.78, 5) is 19.2. The molecule has 0 atom stereocenters. The highest BCUT2D eigenvalue weighted by molar-refractivity contribution is 5.90. The van der Waals surface area contributed by atoms with E-state index in [1.807, 2.05) is 0 Å². The van der Waals surface area contributed by atoms with Gasteiger partial charge in [-0.1, -0.05) is 64.5 Å². The van der Waals surface area contributed by atoms with Crippen LogP contribution in [0.5, 0.6) is 0 Å². The summed E-state index contributed by atoms with van der Waals surface area (Å²) in [7, 11) is 0. The monoisotopic (exact) mass is 396 g/mol. The van der Waals surface area contributed by atoms with Gasteiger partial charge in [0.2, 0.25) is 0 Å². The minimum absolute atomic E-state index is 0.348. The zero-order valence-corrected chi connectivity index (χ0v) is 16.4. The van der Waals surface area contributed by atoms with Crippen molar-refractivity contribution in [3.63, 3.8) is 0 Å². The van der Waals surface area contributed by atoms with Crippen LogP contribution in [0.2, 0.25) is 0 Å². The molecule has 158 valence electrons. The molecule has 0 aromatic heterocycles. The molecule has 0 aromatic carbocycles. The Labute approximate surface area is 167 Å². The summed E-state index contributed by atoms with van der Waals surface area (Å²) in [6.07, 6.45) is 12.2. The summed E-state index contributed by atoms with van der Waals surface area (Å²) in [5.41, 5.74) is -0.861. The summed E-state index contributed by atoms with van der Waals surface area (Å²) in [6.45, 7) is 6.52. The number of aliphatic carboxylic acids is 2. The number of hydrogen-bond acceptors (Lipinski definition) is 6. The minimum atomic E-state index is -1.26. The molecule has 0 heterocycles. The predicted molar refractivity (Wildman–Crippen MR) is 105 cm³/mol. The lowest BCUT2D eigenvalue weighted by Gasteiger charge is -2.01. The van der Waals surface area contributed by atoms with Crippen molar-refractivity contribution < 1.29 is 30.0 Å². The summed E-state index contributed by atoms with van der Waals surface area (Å²) >= 11 is 0. The van der Waals surface area contributed by atoms with Crippen LogP contribution < -0.4 is 0 Å². The number of aliphatic hydroxyl groups is 2. The molecule has 28 heavy (non-hydrogen) atoms. The molecule has 0 unspecified atom stereocenters. The number of nitrogens with zero attached hydrogens (tertiary/aromatic N) is 2. The Kier molecular flexibility index (Phi) is 26.1. The van der Waals surface area contributed by atoms with Crippen molar-refractivity contribution >= 4 is 11.9 Å². The molecule has 4 N–H and O–H groups in total. The van der Waals surface area contributed by atoms with Crippen LogP contribution in [0.3, 0.4) is 0 Å². The van der Waals surface area contributed by atoms with Crippen LogP contribution in [-0.2, 0) is 9.59 Å². The van der Waals surface area contributed by atoms with E-state index in [1.54, 1.807) is 0 Å². The third kappa shape index (κ3) is 28.1. The average Bonchev–Trinajstić information content (AvgIpc) is 2.68. The van der Waals surface area contributed by atoms with E-state index in [-0.39, 0.29) is 0 Å². The highest BCUT2D eigenvalue weighted by Gasteiger charge is 1.98. The Balaban J connectivity index is -0.000000375. The van der Waals surface area contributed by atoms with Gasteiger partial charge >= 0.3 is 11.9 Å². The smallest absolute Gasteiger partial charge is 0.345 e. The number of carbonyl (C=O) groups is 2. The van der Waals surface area contributed by atoms with Crippen molar-refractivity contribution in [3.05, 3.63) is 24.3 Å². The number of unbranched alkanes of at least 4 members (excludes halogenated alkanes) is 9. The zero-order chi connectivity index (χ0) is 22.2. The van der Waals surface area contributed by atoms with E-state index < -0.39 is 23.1 Å². The van der Waals surface area contributed by atoms with Gasteiger partial charge < -0.3 is 20.4 Å². The average molecular weight is 396 g/mol. The largest absolute Gasteiger partial charge is 0.477 e. The normalized spacial score (nSPS) is 8.71. The van der Waals surface area contributed by atoms with Gasteiger partial charge in [-0.15, -0.1) is 0 Å². The molecule has 8 heteroatoms. The second-order valence-corrected chi connectivity index (χ2v) is 5.77. The van der Waals surface area contributed by atoms with Crippen LogP contribution in [0.15, 0.2) is 24.3 Å². The van der Waals surface area contributed by atoms with E-state index >= 15 is 0 Å². The topological polar surface area (TPSA) is 163 Å². The molecular weight excluding hydrogens is 364 g/mol. The predicted octanol–water partition coefficient (Wildman–Crippen LogP) is 3.17. The van der Waals surface area contributed by atoms with Crippen LogP contribution in [0.1, 0.15) is 64.2 Å². The van der Waals surface area contributed by atoms with Crippen molar-refractivity contribution in [2.24, 2.45) is 0 Å². The molecule has 0 aliphatic rings. The van der Waals surface area contributed by atoms with E-state index in [0.29, 0.717) is 13.2 Å². The Morgan fingerprint density at radius 2 is 0.821 bits per heavy atom. The van der Waals surface area contributed by atoms with Crippen molar-refractivity contribution in [1.82, 2.24) is 0 Å². The third-order valence-corrected chi connectivity index (χ3v) is 3.35. The van der Waals surface area contributed by atoms with Crippen LogP contribution >= 0.6 is 0 Å². The molecule has 0 bridgehead atoms. The molecule has 0 radical (unpaired) electrons. The van der Waals surface area contributed by atoms with Gasteiger partial charge in [-0.3, -0.25) is 0 Å². The van der Waals surface area contributed by atoms with Crippen LogP contribution in [-0.4, -0.2) is 45.6 Å². The molecule has 0 spiro atoms. The SMILES string of the molecule is C=C(C#N)C(=O)O.C=C(C#N)C(=O)O.OCCCCCCCCCCCCO. The maximum atomic E-state index is 9.61. The Hall–Kier alpha value is -2.68. The lowest BCUT2D eigenvalue weighted by Crippen LogP contribution is -1.94. The summed E-state index contributed by atoms with van der Waals surface area (Å²) < 4.78 is 0. The Morgan fingerprint density at radius 1 is 0.607 bits per heavy atom. The fourth-order valence-corrected chi connectivity index (χ4v) is 1.73. The van der Waals surface area contributed by atoms with Gasteiger partial charge in [0, 0.05) is 13.2 Å². The number of carboxylic acids is 2. The zero-order valence-electron chi connectivity index (χ0n) is 16.4. The van der Waals surface area contributed by atoms with Crippen LogP contribution in [0.25, 0.3) is 0 Å². The van der Waals surface area contributed by atoms with Gasteiger partial charge in [0.15, 0.2) is 0 Å². The van der Waals surface area contributed by atoms with E-state index in [1.165, 1.54) is 63.5 Å². The third-order valence-electron chi connectivity index (χ3n) is 3.35. The molecule has 0 aliphatic heterocycles. The van der Waals surface area contributed by atoms with Gasteiger partial charge in [0.25, 0.3) is 0 Å². The highest BCUT2D eigenvalue weighted by atomic mass is 16.4. The van der Waals surface area contributed by atoms with Gasteiger partial charge in [0.1, 0.15) is 23.3 Å². The van der Waals surface area contributed by atoms with Crippen molar-refractivity contribution in [1.29, 1.82) is 10.5 Å². The quantitative estimate of drug-likeness (QED) is 0.209. The maximum Gasteiger partial charge on any atom is 0.345 e. The number of hydrogen-bond donors (Lipinski definition) is 4. The van der Waals surface area contributed by atoms with E-state index in [4.69, 9.17) is 30.9 Å². The Bertz CT molecular complexity index is 484. The number of rotatable bonds is 13. The molecule has 8 nitrogen and oxygen atoms in total. The number of carboxylic acid groups (broad SMARTS) is 2. The minimum Gasteiger partial charge on any atom is -0.477 e. The van der Waals surface area contributed by atoms with Gasteiger partial charge in [-0.05, 0) is 12.8 Å². The lowest BCUT2D eigenvalue weighted by molar-refractivity contribution is -0.133. The fraction of sp³-hybridized carbons (Fsp3) is 0.600. The van der Waals surface area contributed by atoms with Crippen LogP contribution in [0.4, 0.5) is 0 Å². The first-order valence-electron chi connectivity index (χ1n) is 9.14. The first kappa shape index (κ1) is 30.1. The second-order valence-electron chi connectivity index (χ2n) is 5.77. The van der Waals surface area contributed by atoms with E-state index in [2.05, 4.69) is 13.2 Å². The van der Waals surface area contributed by atoms with Crippen molar-refractivity contribution in [3.8, 4) is 12.1 Å². The number of aliphatic hydroxyl groups excluding tert-OH is 2. The Morgan fingerprint density at radius 3 is 0.929 bits per heavy atom. The second kappa shape index (κ2) is 24.3. The standard InChI is InChI=1S/C12H26O2.2C4H3NO2/c13-11-9-7-5-3-1-2-4-6-8-10-12-14;2*1-3(2-5)4(6)7/h13-14H,1-12H2;2*1H2,(H,6,7). The molecule has 0 amide bonds. The summed E-state index contributed by atoms with van der Waals surface area (Å²) in [5.74, 6) is -2.52. The molecule has 0 aromatic rings. The first-order valence-corrected chi connectivity index (χ1v) is 9.14. The molecule has 0 fully saturated rings.